The van der Waals surface area contributed by atoms with E-state index in [1.165, 1.54) is 148 Å². The molecule has 6 nitrogen and oxygen atoms in total. The fourth-order valence-electron chi connectivity index (χ4n) is 8.90. The highest BCUT2D eigenvalue weighted by molar-refractivity contribution is 5.71. The molecular formula is C69H118O6. The summed E-state index contributed by atoms with van der Waals surface area (Å²) in [6.07, 6.45) is 84.5. The third kappa shape index (κ3) is 61.1. The lowest BCUT2D eigenvalue weighted by molar-refractivity contribution is -0.167. The van der Waals surface area contributed by atoms with Crippen LogP contribution in [0.15, 0.2) is 97.2 Å². The van der Waals surface area contributed by atoms with Crippen molar-refractivity contribution >= 4 is 17.9 Å². The predicted molar refractivity (Wildman–Crippen MR) is 325 cm³/mol. The number of ether oxygens (including phenoxy) is 3. The molecule has 0 aliphatic carbocycles. The van der Waals surface area contributed by atoms with Crippen molar-refractivity contribution in [1.82, 2.24) is 0 Å². The van der Waals surface area contributed by atoms with Gasteiger partial charge in [0.15, 0.2) is 6.10 Å². The summed E-state index contributed by atoms with van der Waals surface area (Å²) in [5, 5.41) is 0. The van der Waals surface area contributed by atoms with Crippen LogP contribution in [-0.4, -0.2) is 37.2 Å². The van der Waals surface area contributed by atoms with E-state index in [-0.39, 0.29) is 31.1 Å². The first kappa shape index (κ1) is 71.3. The van der Waals surface area contributed by atoms with Gasteiger partial charge >= 0.3 is 17.9 Å². The van der Waals surface area contributed by atoms with E-state index in [0.717, 1.165) is 116 Å². The molecule has 0 aromatic rings. The van der Waals surface area contributed by atoms with Crippen LogP contribution in [0.3, 0.4) is 0 Å². The number of esters is 3. The van der Waals surface area contributed by atoms with Crippen molar-refractivity contribution in [2.45, 2.75) is 309 Å². The fourth-order valence-corrected chi connectivity index (χ4v) is 8.90. The number of allylic oxidation sites excluding steroid dienone is 16. The minimum atomic E-state index is -0.787. The molecule has 0 aliphatic rings. The third-order valence-corrected chi connectivity index (χ3v) is 13.6. The maximum absolute atomic E-state index is 12.8. The first-order valence-electron chi connectivity index (χ1n) is 31.7. The van der Waals surface area contributed by atoms with E-state index in [2.05, 4.69) is 118 Å². The van der Waals surface area contributed by atoms with E-state index >= 15 is 0 Å². The summed E-state index contributed by atoms with van der Waals surface area (Å²) >= 11 is 0. The summed E-state index contributed by atoms with van der Waals surface area (Å²) in [5.74, 6) is -0.909. The molecular weight excluding hydrogens is 925 g/mol. The van der Waals surface area contributed by atoms with Crippen LogP contribution in [0.4, 0.5) is 0 Å². The molecule has 1 unspecified atom stereocenters. The Morgan fingerprint density at radius 2 is 0.520 bits per heavy atom. The Kier molecular flexibility index (Phi) is 59.8. The summed E-state index contributed by atoms with van der Waals surface area (Å²) in [7, 11) is 0. The second kappa shape index (κ2) is 62.9. The molecule has 75 heavy (non-hydrogen) atoms. The second-order valence-corrected chi connectivity index (χ2v) is 20.9. The van der Waals surface area contributed by atoms with Crippen molar-refractivity contribution in [3.8, 4) is 0 Å². The van der Waals surface area contributed by atoms with Gasteiger partial charge in [0.05, 0.1) is 0 Å². The molecule has 6 heteroatoms. The SMILES string of the molecule is CC/C=C\C/C=C\C/C=C\C/C=C\C/C=C\CCCCCCCCCCCCCCCCCCCCCC(=O)OCC(COC(=O)CCCCCCCCCCC)OC(=O)CCCCC/C=C\C/C=C\C/C=C\CC. The lowest BCUT2D eigenvalue weighted by atomic mass is 10.0. The number of rotatable bonds is 57. The highest BCUT2D eigenvalue weighted by atomic mass is 16.6. The Hall–Kier alpha value is -3.67. The largest absolute Gasteiger partial charge is 0.462 e. The van der Waals surface area contributed by atoms with E-state index in [1.807, 2.05) is 0 Å². The van der Waals surface area contributed by atoms with Gasteiger partial charge in [-0.05, 0) is 96.3 Å². The second-order valence-electron chi connectivity index (χ2n) is 20.9. The highest BCUT2D eigenvalue weighted by Gasteiger charge is 2.19. The molecule has 0 amide bonds. The first-order chi connectivity index (χ1) is 37.0. The van der Waals surface area contributed by atoms with Crippen molar-refractivity contribution in [1.29, 1.82) is 0 Å². The number of unbranched alkanes of at least 4 members (excludes halogenated alkanes) is 30. The molecule has 0 spiro atoms. The van der Waals surface area contributed by atoms with Gasteiger partial charge in [0.25, 0.3) is 0 Å². The maximum atomic E-state index is 12.8. The Morgan fingerprint density at radius 3 is 0.827 bits per heavy atom. The third-order valence-electron chi connectivity index (χ3n) is 13.6. The van der Waals surface area contributed by atoms with Gasteiger partial charge in [0.2, 0.25) is 0 Å². The number of carbonyl (C=O) groups excluding carboxylic acids is 3. The van der Waals surface area contributed by atoms with Gasteiger partial charge in [-0.1, -0.05) is 285 Å². The van der Waals surface area contributed by atoms with Crippen molar-refractivity contribution in [3.05, 3.63) is 97.2 Å². The fraction of sp³-hybridized carbons (Fsp3) is 0.725. The molecule has 0 aromatic heterocycles. The summed E-state index contributed by atoms with van der Waals surface area (Å²) in [6, 6.07) is 0. The van der Waals surface area contributed by atoms with Gasteiger partial charge in [0.1, 0.15) is 13.2 Å². The molecule has 430 valence electrons. The first-order valence-corrected chi connectivity index (χ1v) is 31.7. The topological polar surface area (TPSA) is 78.9 Å². The molecule has 0 N–H and O–H groups in total. The van der Waals surface area contributed by atoms with Gasteiger partial charge in [-0.25, -0.2) is 0 Å². The average molecular weight is 1040 g/mol. The van der Waals surface area contributed by atoms with Gasteiger partial charge in [-0.2, -0.15) is 0 Å². The van der Waals surface area contributed by atoms with Crippen LogP contribution in [-0.2, 0) is 28.6 Å². The van der Waals surface area contributed by atoms with Gasteiger partial charge < -0.3 is 14.2 Å². The lowest BCUT2D eigenvalue weighted by Crippen LogP contribution is -2.30. The van der Waals surface area contributed by atoms with Crippen molar-refractivity contribution in [2.24, 2.45) is 0 Å². The van der Waals surface area contributed by atoms with E-state index in [4.69, 9.17) is 14.2 Å². The zero-order valence-corrected chi connectivity index (χ0v) is 49.3. The lowest BCUT2D eigenvalue weighted by Gasteiger charge is -2.18. The van der Waals surface area contributed by atoms with Crippen LogP contribution >= 0.6 is 0 Å². The Morgan fingerprint density at radius 1 is 0.280 bits per heavy atom. The molecule has 0 bridgehead atoms. The van der Waals surface area contributed by atoms with Crippen molar-refractivity contribution in [3.63, 3.8) is 0 Å². The van der Waals surface area contributed by atoms with E-state index < -0.39 is 6.10 Å². The van der Waals surface area contributed by atoms with Gasteiger partial charge in [-0.3, -0.25) is 14.4 Å². The molecule has 0 aromatic carbocycles. The summed E-state index contributed by atoms with van der Waals surface area (Å²) in [5.41, 5.74) is 0. The van der Waals surface area contributed by atoms with Crippen LogP contribution < -0.4 is 0 Å². The minimum Gasteiger partial charge on any atom is -0.462 e. The number of hydrogen-bond acceptors (Lipinski definition) is 6. The van der Waals surface area contributed by atoms with E-state index in [0.29, 0.717) is 19.3 Å². The monoisotopic (exact) mass is 1040 g/mol. The molecule has 0 rings (SSSR count). The Labute approximate surface area is 464 Å². The number of carbonyl (C=O) groups is 3. The zero-order chi connectivity index (χ0) is 54.3. The van der Waals surface area contributed by atoms with E-state index in [1.54, 1.807) is 0 Å². The quantitative estimate of drug-likeness (QED) is 0.0261. The van der Waals surface area contributed by atoms with Gasteiger partial charge in [-0.15, -0.1) is 0 Å². The van der Waals surface area contributed by atoms with Crippen molar-refractivity contribution < 1.29 is 28.6 Å². The smallest absolute Gasteiger partial charge is 0.306 e. The zero-order valence-electron chi connectivity index (χ0n) is 49.3. The summed E-state index contributed by atoms with van der Waals surface area (Å²) < 4.78 is 16.8. The van der Waals surface area contributed by atoms with Crippen LogP contribution in [0.25, 0.3) is 0 Å². The molecule has 0 heterocycles. The predicted octanol–water partition coefficient (Wildman–Crippen LogP) is 21.7. The van der Waals surface area contributed by atoms with Crippen LogP contribution in [0.5, 0.6) is 0 Å². The normalized spacial score (nSPS) is 12.7. The van der Waals surface area contributed by atoms with E-state index in [9.17, 15) is 14.4 Å². The Balaban J connectivity index is 4.01. The minimum absolute atomic E-state index is 0.0849. The molecule has 0 saturated heterocycles. The molecule has 0 aliphatic heterocycles. The standard InChI is InChI=1S/C69H118O6/c1-4-7-10-13-16-19-21-23-24-25-26-27-28-29-30-31-32-33-34-35-36-37-38-39-40-41-42-43-44-46-47-50-53-56-59-62-68(71)74-65-66(64-73-67(70)61-58-55-52-49-18-15-12-9-6-3)75-69(72)63-60-57-54-51-48-45-22-20-17-14-11-8-5-2/h7-8,10-11,16-17,19-20,23-24,26-27,29-30,45,48,66H,4-6,9,12-15,18,21-22,25,28,31-44,46-47,49-65H2,1-3H3/b10-7-,11-8-,19-16-,20-17-,24-23-,27-26-,30-29-,48-45-. The van der Waals surface area contributed by atoms with Crippen LogP contribution in [0.2, 0.25) is 0 Å². The highest BCUT2D eigenvalue weighted by Crippen LogP contribution is 2.17. The maximum Gasteiger partial charge on any atom is 0.306 e. The van der Waals surface area contributed by atoms with Crippen LogP contribution in [0, 0.1) is 0 Å². The molecule has 0 radical (unpaired) electrons. The number of hydrogen-bond donors (Lipinski definition) is 0. The molecule has 1 atom stereocenters. The van der Waals surface area contributed by atoms with Gasteiger partial charge in [0, 0.05) is 19.3 Å². The van der Waals surface area contributed by atoms with Crippen molar-refractivity contribution in [2.75, 3.05) is 13.2 Å². The summed E-state index contributed by atoms with van der Waals surface area (Å²) in [6.45, 7) is 6.38. The average Bonchev–Trinajstić information content (AvgIpc) is 3.41. The molecule has 0 fully saturated rings. The van der Waals surface area contributed by atoms with Crippen LogP contribution in [0.1, 0.15) is 303 Å². The Bertz CT molecular complexity index is 1480. The molecule has 0 saturated carbocycles. The summed E-state index contributed by atoms with van der Waals surface area (Å²) in [4.78, 5) is 38.0.